The Kier molecular flexibility index (Phi) is 4.49. The highest BCUT2D eigenvalue weighted by Gasteiger charge is 2.39. The van der Waals surface area contributed by atoms with Gasteiger partial charge in [0.2, 0.25) is 0 Å². The predicted molar refractivity (Wildman–Crippen MR) is 124 cm³/mol. The summed E-state index contributed by atoms with van der Waals surface area (Å²) in [5, 5.41) is 11.4. The maximum Gasteiger partial charge on any atom is 0.255 e. The summed E-state index contributed by atoms with van der Waals surface area (Å²) in [7, 11) is 0. The van der Waals surface area contributed by atoms with Crippen LogP contribution in [-0.2, 0) is 0 Å². The lowest BCUT2D eigenvalue weighted by atomic mass is 10.00. The van der Waals surface area contributed by atoms with Crippen molar-refractivity contribution in [2.45, 2.75) is 31.1 Å². The van der Waals surface area contributed by atoms with Crippen molar-refractivity contribution in [3.63, 3.8) is 0 Å². The van der Waals surface area contributed by atoms with Gasteiger partial charge in [-0.05, 0) is 73.9 Å². The maximum absolute atomic E-state index is 12.8. The molecule has 1 aromatic heterocycles. The SMILES string of the molecule is O=C(Nc1ccc(N=Nc2ccccc2)cc1)c1ccc2nc3c(nc2c1)C1CCC3C1. The molecule has 4 aromatic rings. The third-order valence-electron chi connectivity index (χ3n) is 6.35. The number of benzene rings is 3. The number of carbonyl (C=O) groups is 1. The normalized spacial score (nSPS) is 18.9. The number of carbonyl (C=O) groups excluding carboxylic acids is 1. The second kappa shape index (κ2) is 7.64. The molecule has 1 fully saturated rings. The van der Waals surface area contributed by atoms with E-state index >= 15 is 0 Å². The minimum absolute atomic E-state index is 0.172. The fraction of sp³-hybridized carbons (Fsp3) is 0.192. The van der Waals surface area contributed by atoms with E-state index in [-0.39, 0.29) is 5.91 Å². The Labute approximate surface area is 185 Å². The zero-order valence-corrected chi connectivity index (χ0v) is 17.4. The van der Waals surface area contributed by atoms with Crippen LogP contribution < -0.4 is 5.32 Å². The van der Waals surface area contributed by atoms with Crippen LogP contribution in [-0.4, -0.2) is 15.9 Å². The molecule has 2 aliphatic carbocycles. The lowest BCUT2D eigenvalue weighted by Crippen LogP contribution is -2.12. The number of hydrogen-bond acceptors (Lipinski definition) is 5. The number of azo groups is 1. The Morgan fingerprint density at radius 1 is 0.781 bits per heavy atom. The van der Waals surface area contributed by atoms with E-state index in [1.807, 2.05) is 72.8 Å². The molecule has 0 spiro atoms. The van der Waals surface area contributed by atoms with Crippen LogP contribution in [0.2, 0.25) is 0 Å². The van der Waals surface area contributed by atoms with Gasteiger partial charge in [-0.2, -0.15) is 10.2 Å². The van der Waals surface area contributed by atoms with Crippen LogP contribution in [0.15, 0.2) is 83.0 Å². The summed E-state index contributed by atoms with van der Waals surface area (Å²) >= 11 is 0. The van der Waals surface area contributed by atoms with E-state index in [4.69, 9.17) is 9.97 Å². The lowest BCUT2D eigenvalue weighted by molar-refractivity contribution is 0.102. The van der Waals surface area contributed by atoms with Crippen LogP contribution >= 0.6 is 0 Å². The van der Waals surface area contributed by atoms with E-state index in [0.29, 0.717) is 23.1 Å². The highest BCUT2D eigenvalue weighted by atomic mass is 16.1. The molecule has 1 N–H and O–H groups in total. The standard InChI is InChI=1S/C26H21N5O/c32-26(27-19-9-11-21(12-10-19)31-30-20-4-2-1-3-5-20)18-8-13-22-23(15-18)29-25-17-7-6-16(14-17)24(25)28-22/h1-5,8-13,15-17H,6-7,14H2,(H,27,32). The molecule has 0 aliphatic heterocycles. The third-order valence-corrected chi connectivity index (χ3v) is 6.35. The van der Waals surface area contributed by atoms with Gasteiger partial charge in [-0.25, -0.2) is 9.97 Å². The Hall–Kier alpha value is -3.93. The first-order valence-corrected chi connectivity index (χ1v) is 10.9. The summed E-state index contributed by atoms with van der Waals surface area (Å²) in [4.78, 5) is 22.6. The molecule has 3 aromatic carbocycles. The smallest absolute Gasteiger partial charge is 0.255 e. The molecule has 1 amide bonds. The summed E-state index contributed by atoms with van der Waals surface area (Å²) in [6.45, 7) is 0. The minimum atomic E-state index is -0.172. The van der Waals surface area contributed by atoms with E-state index in [0.717, 1.165) is 28.1 Å². The first-order chi connectivity index (χ1) is 15.7. The molecule has 0 saturated heterocycles. The monoisotopic (exact) mass is 419 g/mol. The second-order valence-corrected chi connectivity index (χ2v) is 8.44. The van der Waals surface area contributed by atoms with Gasteiger partial charge in [-0.1, -0.05) is 18.2 Å². The summed E-state index contributed by atoms with van der Waals surface area (Å²) in [5.74, 6) is 0.946. The van der Waals surface area contributed by atoms with Gasteiger partial charge in [0.15, 0.2) is 0 Å². The highest BCUT2D eigenvalue weighted by molar-refractivity contribution is 6.06. The highest BCUT2D eigenvalue weighted by Crippen LogP contribution is 2.51. The first kappa shape index (κ1) is 18.8. The number of aromatic nitrogens is 2. The fourth-order valence-electron chi connectivity index (χ4n) is 4.73. The van der Waals surface area contributed by atoms with Crippen molar-refractivity contribution >= 4 is 34.0 Å². The predicted octanol–water partition coefficient (Wildman–Crippen LogP) is 6.66. The Morgan fingerprint density at radius 2 is 1.44 bits per heavy atom. The zero-order valence-electron chi connectivity index (χ0n) is 17.4. The van der Waals surface area contributed by atoms with E-state index in [2.05, 4.69) is 15.5 Å². The Morgan fingerprint density at radius 3 is 2.16 bits per heavy atom. The van der Waals surface area contributed by atoms with Gasteiger partial charge >= 0.3 is 0 Å². The average Bonchev–Trinajstić information content (AvgIpc) is 3.45. The molecule has 6 heteroatoms. The van der Waals surface area contributed by atoms with Crippen LogP contribution in [0, 0.1) is 0 Å². The quantitative estimate of drug-likeness (QED) is 0.376. The van der Waals surface area contributed by atoms with Gasteiger partial charge in [0.05, 0.1) is 33.8 Å². The summed E-state index contributed by atoms with van der Waals surface area (Å²) in [6.07, 6.45) is 3.61. The third kappa shape index (κ3) is 3.43. The summed E-state index contributed by atoms with van der Waals surface area (Å²) in [6, 6.07) is 22.4. The van der Waals surface area contributed by atoms with Crippen molar-refractivity contribution in [3.05, 3.63) is 89.7 Å². The van der Waals surface area contributed by atoms with Gasteiger partial charge in [0.1, 0.15) is 0 Å². The zero-order chi connectivity index (χ0) is 21.5. The Balaban J connectivity index is 1.18. The number of nitrogens with one attached hydrogen (secondary N) is 1. The van der Waals surface area contributed by atoms with E-state index in [1.54, 1.807) is 0 Å². The first-order valence-electron chi connectivity index (χ1n) is 10.9. The molecule has 2 aliphatic rings. The lowest BCUT2D eigenvalue weighted by Gasteiger charge is -2.14. The van der Waals surface area contributed by atoms with E-state index in [1.165, 1.54) is 25.0 Å². The van der Waals surface area contributed by atoms with Gasteiger partial charge in [0, 0.05) is 23.1 Å². The second-order valence-electron chi connectivity index (χ2n) is 8.44. The number of rotatable bonds is 4. The number of hydrogen-bond donors (Lipinski definition) is 1. The molecule has 32 heavy (non-hydrogen) atoms. The summed E-state index contributed by atoms with van der Waals surface area (Å²) in [5.41, 5.74) is 6.76. The molecular formula is C26H21N5O. The van der Waals surface area contributed by atoms with Crippen molar-refractivity contribution in [2.24, 2.45) is 10.2 Å². The molecule has 1 saturated carbocycles. The minimum Gasteiger partial charge on any atom is -0.322 e. The molecule has 2 atom stereocenters. The van der Waals surface area contributed by atoms with Crippen LogP contribution in [0.1, 0.15) is 52.8 Å². The van der Waals surface area contributed by atoms with Crippen molar-refractivity contribution in [3.8, 4) is 0 Å². The largest absolute Gasteiger partial charge is 0.322 e. The van der Waals surface area contributed by atoms with Crippen molar-refractivity contribution in [1.82, 2.24) is 9.97 Å². The molecule has 6 nitrogen and oxygen atoms in total. The molecule has 0 radical (unpaired) electrons. The molecular weight excluding hydrogens is 398 g/mol. The number of amides is 1. The van der Waals surface area contributed by atoms with Gasteiger partial charge in [-0.15, -0.1) is 0 Å². The topological polar surface area (TPSA) is 79.6 Å². The van der Waals surface area contributed by atoms with Crippen LogP contribution in [0.25, 0.3) is 11.0 Å². The van der Waals surface area contributed by atoms with E-state index in [9.17, 15) is 4.79 Å². The van der Waals surface area contributed by atoms with Crippen molar-refractivity contribution < 1.29 is 4.79 Å². The molecule has 1 heterocycles. The van der Waals surface area contributed by atoms with Gasteiger partial charge < -0.3 is 5.32 Å². The molecule has 2 unspecified atom stereocenters. The maximum atomic E-state index is 12.8. The molecule has 156 valence electrons. The Bertz CT molecular complexity index is 1350. The van der Waals surface area contributed by atoms with Crippen LogP contribution in [0.3, 0.4) is 0 Å². The van der Waals surface area contributed by atoms with Crippen LogP contribution in [0.5, 0.6) is 0 Å². The van der Waals surface area contributed by atoms with Crippen LogP contribution in [0.4, 0.5) is 17.1 Å². The molecule has 2 bridgehead atoms. The van der Waals surface area contributed by atoms with Gasteiger partial charge in [0.25, 0.3) is 5.91 Å². The fourth-order valence-corrected chi connectivity index (χ4v) is 4.73. The van der Waals surface area contributed by atoms with Crippen molar-refractivity contribution in [1.29, 1.82) is 0 Å². The summed E-state index contributed by atoms with van der Waals surface area (Å²) < 4.78 is 0. The van der Waals surface area contributed by atoms with Crippen molar-refractivity contribution in [2.75, 3.05) is 5.32 Å². The van der Waals surface area contributed by atoms with E-state index < -0.39 is 0 Å². The number of nitrogens with zero attached hydrogens (tertiary/aromatic N) is 4. The number of fused-ring (bicyclic) bond motifs is 6. The molecule has 6 rings (SSSR count). The number of anilines is 1. The average molecular weight is 419 g/mol. The van der Waals surface area contributed by atoms with Gasteiger partial charge in [-0.3, -0.25) is 4.79 Å².